The van der Waals surface area contributed by atoms with Crippen molar-refractivity contribution in [2.45, 2.75) is 84.8 Å². The number of Topliss-reactive ketones (excluding diaryl/α,β-unsaturated/α-hetero) is 1. The predicted octanol–water partition coefficient (Wildman–Crippen LogP) is -0.128. The molecule has 0 saturated carbocycles. The van der Waals surface area contributed by atoms with E-state index in [0.717, 1.165) is 0 Å². The van der Waals surface area contributed by atoms with E-state index in [4.69, 9.17) is 18.9 Å². The van der Waals surface area contributed by atoms with Crippen molar-refractivity contribution in [1.82, 2.24) is 21.3 Å². The number of carboxylic acid groups (broad SMARTS) is 2. The van der Waals surface area contributed by atoms with Crippen molar-refractivity contribution in [2.75, 3.05) is 65.9 Å². The lowest BCUT2D eigenvalue weighted by atomic mass is 9.91. The van der Waals surface area contributed by atoms with Gasteiger partial charge in [0.1, 0.15) is 25.3 Å². The third kappa shape index (κ3) is 24.1. The van der Waals surface area contributed by atoms with Gasteiger partial charge in [0.15, 0.2) is 5.78 Å². The Kier molecular flexibility index (Phi) is 21.6. The van der Waals surface area contributed by atoms with Crippen LogP contribution in [0.2, 0.25) is 0 Å². The minimum absolute atomic E-state index is 0.0122. The van der Waals surface area contributed by atoms with Crippen molar-refractivity contribution < 1.29 is 57.9 Å². The Balaban J connectivity index is 3.91. The topological polar surface area (TPSA) is 228 Å². The molecule has 0 radical (unpaired) electrons. The highest BCUT2D eigenvalue weighted by atomic mass is 16.5. The average Bonchev–Trinajstić information content (AvgIpc) is 2.94. The number of nitrogens with one attached hydrogen (secondary N) is 4. The third-order valence-electron chi connectivity index (χ3n) is 6.04. The molecule has 0 bridgehead atoms. The van der Waals surface area contributed by atoms with E-state index in [9.17, 15) is 39.0 Å². The van der Waals surface area contributed by atoms with Gasteiger partial charge >= 0.3 is 11.9 Å². The van der Waals surface area contributed by atoms with Crippen LogP contribution in [0.4, 0.5) is 0 Å². The minimum Gasteiger partial charge on any atom is -0.480 e. The van der Waals surface area contributed by atoms with Gasteiger partial charge in [-0.15, -0.1) is 0 Å². The summed E-state index contributed by atoms with van der Waals surface area (Å²) in [6, 6.07) is -2.27. The molecule has 0 heterocycles. The molecule has 266 valence electrons. The lowest BCUT2D eigenvalue weighted by molar-refractivity contribution is -0.143. The van der Waals surface area contributed by atoms with Crippen LogP contribution in [0.15, 0.2) is 0 Å². The Morgan fingerprint density at radius 2 is 1.04 bits per heavy atom. The fourth-order valence-corrected chi connectivity index (χ4v) is 3.51. The van der Waals surface area contributed by atoms with Crippen LogP contribution in [0.1, 0.15) is 67.2 Å². The quantitative estimate of drug-likeness (QED) is 0.0665. The number of hydrogen-bond donors (Lipinski definition) is 6. The highest BCUT2D eigenvalue weighted by Crippen LogP contribution is 2.14. The van der Waals surface area contributed by atoms with Crippen molar-refractivity contribution in [3.05, 3.63) is 0 Å². The molecule has 0 saturated heterocycles. The molecular formula is C30H54N4O12. The Morgan fingerprint density at radius 3 is 1.54 bits per heavy atom. The maximum atomic E-state index is 12.2. The summed E-state index contributed by atoms with van der Waals surface area (Å²) in [4.78, 5) is 70.8. The molecule has 16 nitrogen and oxygen atoms in total. The summed E-state index contributed by atoms with van der Waals surface area (Å²) in [6.07, 6.45) is -0.528. The highest BCUT2D eigenvalue weighted by molar-refractivity contribution is 5.85. The molecule has 0 aliphatic rings. The van der Waals surface area contributed by atoms with Crippen molar-refractivity contribution >= 4 is 35.4 Å². The highest BCUT2D eigenvalue weighted by Gasteiger charge is 2.26. The summed E-state index contributed by atoms with van der Waals surface area (Å²) in [6.45, 7) is 12.6. The number of ether oxygens (including phenoxy) is 4. The zero-order chi connectivity index (χ0) is 35.2. The summed E-state index contributed by atoms with van der Waals surface area (Å²) in [5.41, 5.74) is -0.929. The van der Waals surface area contributed by atoms with E-state index in [1.807, 2.05) is 20.8 Å². The van der Waals surface area contributed by atoms with Gasteiger partial charge in [0.2, 0.25) is 17.7 Å². The van der Waals surface area contributed by atoms with Crippen molar-refractivity contribution in [3.8, 4) is 0 Å². The van der Waals surface area contributed by atoms with Crippen LogP contribution in [-0.2, 0) is 47.7 Å². The van der Waals surface area contributed by atoms with E-state index in [2.05, 4.69) is 21.3 Å². The van der Waals surface area contributed by atoms with Gasteiger partial charge in [0.05, 0.1) is 39.6 Å². The molecule has 0 spiro atoms. The lowest BCUT2D eigenvalue weighted by Gasteiger charge is -2.26. The maximum Gasteiger partial charge on any atom is 0.326 e. The summed E-state index contributed by atoms with van der Waals surface area (Å²) in [5.74, 6) is -3.77. The second-order valence-electron chi connectivity index (χ2n) is 12.5. The molecule has 0 unspecified atom stereocenters. The van der Waals surface area contributed by atoms with Crippen molar-refractivity contribution in [3.63, 3.8) is 0 Å². The zero-order valence-corrected chi connectivity index (χ0v) is 28.0. The van der Waals surface area contributed by atoms with E-state index in [0.29, 0.717) is 13.2 Å². The molecule has 3 amide bonds. The SMILES string of the molecule is CC(C)(C)N[C@@H](CCC(=O)N[C@@H](CCC(=O)NCCOCCOCC(=O)NCCOCCOCC(=O)C(C)(C)C)C(=O)O)C(=O)O. The van der Waals surface area contributed by atoms with E-state index in [1.165, 1.54) is 0 Å². The van der Waals surface area contributed by atoms with E-state index in [-0.39, 0.29) is 90.2 Å². The number of ketones is 1. The zero-order valence-electron chi connectivity index (χ0n) is 28.0. The Hall–Kier alpha value is -3.18. The number of rotatable bonds is 26. The van der Waals surface area contributed by atoms with Gasteiger partial charge in [-0.3, -0.25) is 29.3 Å². The van der Waals surface area contributed by atoms with Gasteiger partial charge in [-0.05, 0) is 33.6 Å². The predicted molar refractivity (Wildman–Crippen MR) is 166 cm³/mol. The average molecular weight is 663 g/mol. The monoisotopic (exact) mass is 662 g/mol. The van der Waals surface area contributed by atoms with Crippen molar-refractivity contribution in [2.24, 2.45) is 5.41 Å². The Labute approximate surface area is 271 Å². The molecule has 0 rings (SSSR count). The first-order chi connectivity index (χ1) is 21.4. The van der Waals surface area contributed by atoms with Crippen LogP contribution in [0.5, 0.6) is 0 Å². The fourth-order valence-electron chi connectivity index (χ4n) is 3.51. The molecule has 0 aromatic rings. The first-order valence-electron chi connectivity index (χ1n) is 15.3. The standard InChI is InChI=1S/C30H54N4O12/c1-29(2,3)23(35)19-45-17-15-44-14-12-32-26(38)20-46-18-16-43-13-11-31-24(36)9-7-21(27(39)40)33-25(37)10-8-22(28(41)42)34-30(4,5)6/h21-22,34H,7-20H2,1-6H3,(H,31,36)(H,32,38)(H,33,37)(H,39,40)(H,41,42)/t21-,22-/m0/s1. The normalized spacial score (nSPS) is 13.0. The van der Waals surface area contributed by atoms with Crippen LogP contribution >= 0.6 is 0 Å². The van der Waals surface area contributed by atoms with E-state index >= 15 is 0 Å². The van der Waals surface area contributed by atoms with Gasteiger partial charge < -0.3 is 45.1 Å². The Bertz CT molecular complexity index is 963. The van der Waals surface area contributed by atoms with Crippen LogP contribution in [0.3, 0.4) is 0 Å². The Morgan fingerprint density at radius 1 is 0.587 bits per heavy atom. The van der Waals surface area contributed by atoms with Crippen LogP contribution in [0, 0.1) is 5.41 Å². The number of hydrogen-bond acceptors (Lipinski definition) is 11. The van der Waals surface area contributed by atoms with Gasteiger partial charge in [0.25, 0.3) is 0 Å². The molecule has 6 N–H and O–H groups in total. The number of carbonyl (C=O) groups is 6. The number of carbonyl (C=O) groups excluding carboxylic acids is 4. The molecular weight excluding hydrogens is 608 g/mol. The fraction of sp³-hybridized carbons (Fsp3) is 0.800. The molecule has 16 heteroatoms. The second-order valence-corrected chi connectivity index (χ2v) is 12.5. The minimum atomic E-state index is -1.30. The van der Waals surface area contributed by atoms with Gasteiger partial charge in [-0.2, -0.15) is 0 Å². The summed E-state index contributed by atoms with van der Waals surface area (Å²) >= 11 is 0. The molecule has 0 aromatic heterocycles. The molecule has 0 aliphatic heterocycles. The van der Waals surface area contributed by atoms with Crippen LogP contribution < -0.4 is 21.3 Å². The third-order valence-corrected chi connectivity index (χ3v) is 6.04. The molecule has 2 atom stereocenters. The van der Waals surface area contributed by atoms with E-state index in [1.54, 1.807) is 20.8 Å². The lowest BCUT2D eigenvalue weighted by Crippen LogP contribution is -2.48. The summed E-state index contributed by atoms with van der Waals surface area (Å²) in [5, 5.41) is 29.2. The van der Waals surface area contributed by atoms with Crippen LogP contribution in [0.25, 0.3) is 0 Å². The molecule has 0 aliphatic carbocycles. The summed E-state index contributed by atoms with van der Waals surface area (Å²) in [7, 11) is 0. The first kappa shape index (κ1) is 42.8. The largest absolute Gasteiger partial charge is 0.480 e. The maximum absolute atomic E-state index is 12.2. The van der Waals surface area contributed by atoms with Gasteiger partial charge in [0, 0.05) is 36.9 Å². The van der Waals surface area contributed by atoms with E-state index < -0.39 is 46.8 Å². The number of carboxylic acids is 2. The molecule has 0 fully saturated rings. The first-order valence-corrected chi connectivity index (χ1v) is 15.3. The molecule has 46 heavy (non-hydrogen) atoms. The molecule has 0 aromatic carbocycles. The summed E-state index contributed by atoms with van der Waals surface area (Å²) < 4.78 is 21.2. The van der Waals surface area contributed by atoms with Crippen molar-refractivity contribution in [1.29, 1.82) is 0 Å². The van der Waals surface area contributed by atoms with Gasteiger partial charge in [-0.25, -0.2) is 4.79 Å². The second kappa shape index (κ2) is 23.2. The van der Waals surface area contributed by atoms with Crippen LogP contribution in [-0.4, -0.2) is 129 Å². The number of amides is 3. The number of aliphatic carboxylic acids is 2. The smallest absolute Gasteiger partial charge is 0.326 e. The van der Waals surface area contributed by atoms with Gasteiger partial charge in [-0.1, -0.05) is 20.8 Å².